The SMILES string of the molecule is COc1nc2c(c(N3CCCn4nc(C(=O)N5CC(F)C(F)C5)c(Cl)c4C3)n1)COC(c1c(C(F)(F)F)ccc(N)c1F)C2.FC1CC2CCCN2C1. The van der Waals surface area contributed by atoms with Gasteiger partial charge >= 0.3 is 12.2 Å². The van der Waals surface area contributed by atoms with Crippen LogP contribution in [-0.2, 0) is 37.0 Å². The molecule has 0 spiro atoms. The number of amides is 1. The molecule has 3 saturated heterocycles. The van der Waals surface area contributed by atoms with Crippen molar-refractivity contribution in [3.63, 3.8) is 0 Å². The largest absolute Gasteiger partial charge is 0.467 e. The molecule has 0 radical (unpaired) electrons. The molecule has 2 N–H and O–H groups in total. The summed E-state index contributed by atoms with van der Waals surface area (Å²) >= 11 is 6.62. The molecule has 0 aliphatic carbocycles. The quantitative estimate of drug-likeness (QED) is 0.267. The predicted molar refractivity (Wildman–Crippen MR) is 178 cm³/mol. The lowest BCUT2D eigenvalue weighted by Gasteiger charge is -2.31. The number of anilines is 2. The van der Waals surface area contributed by atoms with Crippen LogP contribution in [0.5, 0.6) is 6.01 Å². The van der Waals surface area contributed by atoms with Gasteiger partial charge in [0.25, 0.3) is 5.91 Å². The van der Waals surface area contributed by atoms with Crippen molar-refractivity contribution in [1.82, 2.24) is 29.5 Å². The van der Waals surface area contributed by atoms with Gasteiger partial charge in [0.05, 0.1) is 67.1 Å². The van der Waals surface area contributed by atoms with Gasteiger partial charge in [-0.05, 0) is 44.4 Å². The fourth-order valence-electron chi connectivity index (χ4n) is 7.81. The van der Waals surface area contributed by atoms with Crippen LogP contribution in [0.2, 0.25) is 5.02 Å². The minimum Gasteiger partial charge on any atom is -0.467 e. The summed E-state index contributed by atoms with van der Waals surface area (Å²) in [6.45, 7) is 1.71. The smallest absolute Gasteiger partial charge is 0.416 e. The van der Waals surface area contributed by atoms with Crippen LogP contribution in [0.4, 0.5) is 42.2 Å². The molecular weight excluding hydrogens is 737 g/mol. The van der Waals surface area contributed by atoms with Crippen molar-refractivity contribution < 1.29 is 45.0 Å². The van der Waals surface area contributed by atoms with Crippen LogP contribution in [0.15, 0.2) is 12.1 Å². The van der Waals surface area contributed by atoms with Gasteiger partial charge in [-0.3, -0.25) is 14.4 Å². The highest BCUT2D eigenvalue weighted by atomic mass is 35.5. The highest BCUT2D eigenvalue weighted by Gasteiger charge is 2.41. The fourth-order valence-corrected chi connectivity index (χ4v) is 8.08. The second kappa shape index (κ2) is 14.7. The average Bonchev–Trinajstić information content (AvgIpc) is 3.84. The standard InChI is InChI=1S/C27H26ClF6N7O3.C7H12FN/c1-43-26-36-17-7-19(20-13(27(32,33)34)3-4-16(35)22(20)31)44-11-12(17)24(37-26)39-5-2-6-41-18(10-39)21(28)23(38-41)25(42)40-8-14(29)15(30)9-40;8-6-4-7-2-1-3-9(7)5-6/h3-4,14-15,19H,2,5-11,35H2,1H3;6-7H,1-5H2. The van der Waals surface area contributed by atoms with E-state index in [0.717, 1.165) is 30.0 Å². The van der Waals surface area contributed by atoms with Gasteiger partial charge in [0, 0.05) is 43.2 Å². The maximum absolute atomic E-state index is 15.0. The second-order valence-corrected chi connectivity index (χ2v) is 14.2. The van der Waals surface area contributed by atoms with Crippen LogP contribution < -0.4 is 15.4 Å². The number of nitrogens with two attached hydrogens (primary N) is 1. The third-order valence-corrected chi connectivity index (χ3v) is 10.8. The van der Waals surface area contributed by atoms with Crippen LogP contribution in [0.3, 0.4) is 0 Å². The first-order valence-corrected chi connectivity index (χ1v) is 17.8. The molecule has 3 fully saturated rings. The maximum Gasteiger partial charge on any atom is 0.416 e. The molecule has 7 heterocycles. The Morgan fingerprint density at radius 3 is 2.51 bits per heavy atom. The minimum absolute atomic E-state index is 0.0302. The summed E-state index contributed by atoms with van der Waals surface area (Å²) in [6.07, 6.45) is -6.66. The van der Waals surface area contributed by atoms with Gasteiger partial charge in [0.1, 0.15) is 12.0 Å². The number of nitrogens with zero attached hydrogens (tertiary/aromatic N) is 7. The van der Waals surface area contributed by atoms with Gasteiger partial charge in [-0.2, -0.15) is 28.2 Å². The molecule has 8 rings (SSSR count). The lowest BCUT2D eigenvalue weighted by molar-refractivity contribution is -0.140. The van der Waals surface area contributed by atoms with Gasteiger partial charge in [-0.15, -0.1) is 0 Å². The van der Waals surface area contributed by atoms with Crippen molar-refractivity contribution in [3.8, 4) is 6.01 Å². The summed E-state index contributed by atoms with van der Waals surface area (Å²) in [5.74, 6) is -1.54. The lowest BCUT2D eigenvalue weighted by Crippen LogP contribution is -2.30. The molecule has 1 amide bonds. The highest BCUT2D eigenvalue weighted by molar-refractivity contribution is 6.34. The minimum atomic E-state index is -4.85. The summed E-state index contributed by atoms with van der Waals surface area (Å²) < 4.78 is 109. The topological polar surface area (TPSA) is 115 Å². The summed E-state index contributed by atoms with van der Waals surface area (Å²) in [4.78, 5) is 27.0. The van der Waals surface area contributed by atoms with Crippen LogP contribution >= 0.6 is 11.6 Å². The molecule has 5 aliphatic heterocycles. The van der Waals surface area contributed by atoms with E-state index in [1.54, 1.807) is 4.68 Å². The number of aryl methyl sites for hydroxylation is 1. The first-order valence-electron chi connectivity index (χ1n) is 17.4. The van der Waals surface area contributed by atoms with Gasteiger partial charge in [-0.1, -0.05) is 11.6 Å². The van der Waals surface area contributed by atoms with E-state index in [0.29, 0.717) is 54.9 Å². The molecular formula is C34H38ClF7N8O3. The van der Waals surface area contributed by atoms with E-state index in [4.69, 9.17) is 26.8 Å². The Bertz CT molecular complexity index is 1840. The summed E-state index contributed by atoms with van der Waals surface area (Å²) in [5.41, 5.74) is 4.35. The highest BCUT2D eigenvalue weighted by Crippen LogP contribution is 2.43. The molecule has 1 aromatic carbocycles. The third kappa shape index (κ3) is 7.33. The number of fused-ring (bicyclic) bond motifs is 3. The number of likely N-dealkylation sites (tertiary alicyclic amines) is 1. The fraction of sp³-hybridized carbons (Fsp3) is 0.588. The zero-order valence-corrected chi connectivity index (χ0v) is 29.4. The number of alkyl halides is 6. The van der Waals surface area contributed by atoms with Crippen LogP contribution in [0.25, 0.3) is 0 Å². The summed E-state index contributed by atoms with van der Waals surface area (Å²) in [6, 6.07) is 2.12. The van der Waals surface area contributed by atoms with Crippen molar-refractivity contribution in [3.05, 3.63) is 56.7 Å². The molecule has 0 saturated carbocycles. The zero-order chi connectivity index (χ0) is 37.8. The third-order valence-electron chi connectivity index (χ3n) is 10.4. The Kier molecular flexibility index (Phi) is 10.4. The Balaban J connectivity index is 0.000000418. The number of carbonyl (C=O) groups excluding carboxylic acids is 1. The Hall–Kier alpha value is -3.90. The molecule has 2 aromatic heterocycles. The van der Waals surface area contributed by atoms with Crippen molar-refractivity contribution in [2.24, 2.45) is 0 Å². The number of carbonyl (C=O) groups is 1. The lowest BCUT2D eigenvalue weighted by atomic mass is 9.94. The van der Waals surface area contributed by atoms with Gasteiger partial charge < -0.3 is 25.0 Å². The number of halogens is 8. The maximum atomic E-state index is 15.0. The van der Waals surface area contributed by atoms with Gasteiger partial charge in [0.15, 0.2) is 23.9 Å². The first kappa shape index (κ1) is 37.4. The number of rotatable bonds is 4. The Morgan fingerprint density at radius 1 is 1.06 bits per heavy atom. The predicted octanol–water partition coefficient (Wildman–Crippen LogP) is 5.62. The molecule has 5 aliphatic rings. The van der Waals surface area contributed by atoms with E-state index in [9.17, 15) is 31.1 Å². The molecule has 5 unspecified atom stereocenters. The summed E-state index contributed by atoms with van der Waals surface area (Å²) in [7, 11) is 1.33. The van der Waals surface area contributed by atoms with Crippen LogP contribution in [0.1, 0.15) is 70.4 Å². The van der Waals surface area contributed by atoms with E-state index >= 15 is 4.39 Å². The number of nitrogen functional groups attached to an aromatic ring is 1. The Morgan fingerprint density at radius 2 is 1.81 bits per heavy atom. The molecule has 3 aromatic rings. The average molecular weight is 775 g/mol. The van der Waals surface area contributed by atoms with Crippen LogP contribution in [0, 0.1) is 5.82 Å². The molecule has 288 valence electrons. The molecule has 5 atom stereocenters. The molecule has 0 bridgehead atoms. The van der Waals surface area contributed by atoms with Crippen molar-refractivity contribution in [2.45, 2.75) is 88.6 Å². The van der Waals surface area contributed by atoms with Crippen molar-refractivity contribution in [1.29, 1.82) is 0 Å². The van der Waals surface area contributed by atoms with E-state index < -0.39 is 72.4 Å². The van der Waals surface area contributed by atoms with E-state index in [1.165, 1.54) is 20.0 Å². The van der Waals surface area contributed by atoms with Crippen molar-refractivity contribution in [2.75, 3.05) is 50.5 Å². The Labute approximate surface area is 305 Å². The number of hydrogen-bond acceptors (Lipinski definition) is 9. The first-order chi connectivity index (χ1) is 25.2. The van der Waals surface area contributed by atoms with Gasteiger partial charge in [-0.25, -0.2) is 17.6 Å². The van der Waals surface area contributed by atoms with E-state index in [2.05, 4.69) is 20.0 Å². The van der Waals surface area contributed by atoms with E-state index in [-0.39, 0.29) is 36.3 Å². The number of aromatic nitrogens is 4. The number of methoxy groups -OCH3 is 1. The van der Waals surface area contributed by atoms with Crippen molar-refractivity contribution >= 4 is 29.0 Å². The summed E-state index contributed by atoms with van der Waals surface area (Å²) in [5, 5.41) is 4.37. The number of hydrogen-bond donors (Lipinski definition) is 1. The molecule has 19 heteroatoms. The van der Waals surface area contributed by atoms with E-state index in [1.807, 2.05) is 4.90 Å². The second-order valence-electron chi connectivity index (χ2n) is 13.9. The molecule has 53 heavy (non-hydrogen) atoms. The normalized spacial score (nSPS) is 25.7. The van der Waals surface area contributed by atoms with Crippen LogP contribution in [-0.4, -0.2) is 99.8 Å². The number of benzene rings is 1. The number of ether oxygens (including phenoxy) is 2. The zero-order valence-electron chi connectivity index (χ0n) is 28.7. The van der Waals surface area contributed by atoms with Gasteiger partial charge in [0.2, 0.25) is 0 Å². The molecule has 11 nitrogen and oxygen atoms in total. The monoisotopic (exact) mass is 774 g/mol.